The van der Waals surface area contributed by atoms with E-state index in [-0.39, 0.29) is 5.69 Å². The molecule has 2 bridgehead atoms. The van der Waals surface area contributed by atoms with Crippen molar-refractivity contribution >= 4 is 35.0 Å². The number of rotatable bonds is 4. The molecule has 2 unspecified atom stereocenters. The Morgan fingerprint density at radius 1 is 1.07 bits per heavy atom. The summed E-state index contributed by atoms with van der Waals surface area (Å²) in [4.78, 5) is 13.2. The molecule has 0 saturated carbocycles. The minimum absolute atomic E-state index is 0.161. The van der Waals surface area contributed by atoms with Gasteiger partial charge in [0.05, 0.1) is 17.2 Å². The maximum atomic E-state index is 13.3. The predicted octanol–water partition coefficient (Wildman–Crippen LogP) is 5.81. The van der Waals surface area contributed by atoms with Crippen LogP contribution in [-0.2, 0) is 4.74 Å². The molecular formula is C20H17ClF3NO2S. The zero-order valence-corrected chi connectivity index (χ0v) is 16.3. The number of fused-ring (bicyclic) bond motifs is 2. The van der Waals surface area contributed by atoms with Gasteiger partial charge in [-0.15, -0.1) is 11.8 Å². The lowest BCUT2D eigenvalue weighted by Gasteiger charge is -2.28. The number of hydrogen-bond donors (Lipinski definition) is 1. The Bertz CT molecular complexity index is 891. The molecule has 1 N–H and O–H groups in total. The molecule has 0 radical (unpaired) electrons. The molecule has 2 aliphatic heterocycles. The van der Waals surface area contributed by atoms with Crippen molar-refractivity contribution in [2.24, 2.45) is 0 Å². The molecule has 8 heteroatoms. The van der Waals surface area contributed by atoms with Crippen LogP contribution in [0.1, 0.15) is 36.0 Å². The van der Waals surface area contributed by atoms with Gasteiger partial charge in [-0.1, -0.05) is 11.6 Å². The van der Waals surface area contributed by atoms with Crippen molar-refractivity contribution in [1.29, 1.82) is 0 Å². The zero-order valence-electron chi connectivity index (χ0n) is 14.7. The number of nitrogens with one attached hydrogen (secondary N) is 1. The summed E-state index contributed by atoms with van der Waals surface area (Å²) < 4.78 is 45.6. The van der Waals surface area contributed by atoms with Gasteiger partial charge in [0, 0.05) is 33.5 Å². The second-order valence-corrected chi connectivity index (χ2v) is 8.77. The Hall–Kier alpha value is -1.70. The second kappa shape index (κ2) is 7.97. The average molecular weight is 428 g/mol. The first-order valence-corrected chi connectivity index (χ1v) is 10.2. The quantitative estimate of drug-likeness (QED) is 0.625. The standard InChI is InChI=1S/C20H17ClF3NO2S/c21-15-4-1-10(20(26)25-11-6-16(22)19(24)17(23)7-11)5-18(15)28-14-8-12-2-3-13(9-14)27-12/h1,4-7,12-14H,2-3,8-9H2,(H,25,26). The number of benzene rings is 2. The van der Waals surface area contributed by atoms with E-state index in [4.69, 9.17) is 16.3 Å². The van der Waals surface area contributed by atoms with Crippen LogP contribution >= 0.6 is 23.4 Å². The normalized spacial score (nSPS) is 23.6. The van der Waals surface area contributed by atoms with Crippen molar-refractivity contribution in [2.75, 3.05) is 5.32 Å². The highest BCUT2D eigenvalue weighted by Gasteiger charge is 2.35. The number of amides is 1. The smallest absolute Gasteiger partial charge is 0.255 e. The molecule has 2 heterocycles. The number of hydrogen-bond acceptors (Lipinski definition) is 3. The van der Waals surface area contributed by atoms with Crippen LogP contribution in [0, 0.1) is 17.5 Å². The summed E-state index contributed by atoms with van der Waals surface area (Å²) in [6, 6.07) is 6.29. The van der Waals surface area contributed by atoms with Crippen molar-refractivity contribution in [3.05, 3.63) is 58.4 Å². The van der Waals surface area contributed by atoms with Crippen molar-refractivity contribution < 1.29 is 22.7 Å². The third-order valence-corrected chi connectivity index (χ3v) is 6.73. The van der Waals surface area contributed by atoms with Gasteiger partial charge in [0.2, 0.25) is 0 Å². The molecule has 2 saturated heterocycles. The Labute approximate surface area is 169 Å². The summed E-state index contributed by atoms with van der Waals surface area (Å²) in [5.41, 5.74) is 0.138. The summed E-state index contributed by atoms with van der Waals surface area (Å²) in [7, 11) is 0. The fourth-order valence-electron chi connectivity index (χ4n) is 3.65. The van der Waals surface area contributed by atoms with Gasteiger partial charge in [-0.25, -0.2) is 13.2 Å². The first-order chi connectivity index (χ1) is 13.4. The molecule has 0 spiro atoms. The van der Waals surface area contributed by atoms with Gasteiger partial charge in [-0.05, 0) is 43.9 Å². The lowest BCUT2D eigenvalue weighted by molar-refractivity contribution is 0.00863. The highest BCUT2D eigenvalue weighted by atomic mass is 35.5. The number of carbonyl (C=O) groups is 1. The summed E-state index contributed by atoms with van der Waals surface area (Å²) in [5, 5.41) is 3.29. The number of thioether (sulfide) groups is 1. The Morgan fingerprint density at radius 2 is 1.71 bits per heavy atom. The molecule has 2 aliphatic rings. The minimum Gasteiger partial charge on any atom is -0.375 e. The summed E-state index contributed by atoms with van der Waals surface area (Å²) in [5.74, 6) is -4.86. The first-order valence-electron chi connectivity index (χ1n) is 8.96. The molecule has 4 rings (SSSR count). The molecule has 2 fully saturated rings. The number of anilines is 1. The summed E-state index contributed by atoms with van der Waals surface area (Å²) in [6.07, 6.45) is 4.66. The maximum Gasteiger partial charge on any atom is 0.255 e. The molecule has 1 amide bonds. The first kappa shape index (κ1) is 19.6. The topological polar surface area (TPSA) is 38.3 Å². The van der Waals surface area contributed by atoms with Crippen LogP contribution in [0.15, 0.2) is 35.2 Å². The summed E-state index contributed by atoms with van der Waals surface area (Å²) in [6.45, 7) is 0. The van der Waals surface area contributed by atoms with E-state index >= 15 is 0 Å². The second-order valence-electron chi connectivity index (χ2n) is 7.02. The van der Waals surface area contributed by atoms with Crippen molar-refractivity contribution in [1.82, 2.24) is 0 Å². The fourth-order valence-corrected chi connectivity index (χ4v) is 5.26. The molecule has 0 aliphatic carbocycles. The van der Waals surface area contributed by atoms with E-state index in [9.17, 15) is 18.0 Å². The van der Waals surface area contributed by atoms with Crippen molar-refractivity contribution in [3.8, 4) is 0 Å². The molecule has 3 nitrogen and oxygen atoms in total. The van der Waals surface area contributed by atoms with Crippen molar-refractivity contribution in [2.45, 2.75) is 48.0 Å². The molecule has 2 atom stereocenters. The minimum atomic E-state index is -1.58. The maximum absolute atomic E-state index is 13.3. The number of halogens is 4. The fraction of sp³-hybridized carbons (Fsp3) is 0.350. The zero-order chi connectivity index (χ0) is 19.8. The predicted molar refractivity (Wildman–Crippen MR) is 102 cm³/mol. The van der Waals surface area contributed by atoms with Crippen LogP contribution in [0.4, 0.5) is 18.9 Å². The van der Waals surface area contributed by atoms with Crippen molar-refractivity contribution in [3.63, 3.8) is 0 Å². The Balaban J connectivity index is 1.49. The van der Waals surface area contributed by atoms with Gasteiger partial charge >= 0.3 is 0 Å². The van der Waals surface area contributed by atoms with Crippen LogP contribution in [0.5, 0.6) is 0 Å². The van der Waals surface area contributed by atoms with E-state index in [0.29, 0.717) is 28.0 Å². The van der Waals surface area contributed by atoms with E-state index in [1.54, 1.807) is 23.9 Å². The van der Waals surface area contributed by atoms with Crippen LogP contribution in [0.25, 0.3) is 0 Å². The van der Waals surface area contributed by atoms with Gasteiger partial charge in [-0.3, -0.25) is 4.79 Å². The third-order valence-electron chi connectivity index (χ3n) is 4.98. The van der Waals surface area contributed by atoms with Crippen LogP contribution in [0.3, 0.4) is 0 Å². The third kappa shape index (κ3) is 4.16. The van der Waals surface area contributed by atoms with E-state index in [1.165, 1.54) is 6.07 Å². The Kier molecular flexibility index (Phi) is 5.58. The largest absolute Gasteiger partial charge is 0.375 e. The molecule has 0 aromatic heterocycles. The molecule has 2 aromatic carbocycles. The van der Waals surface area contributed by atoms with Crippen LogP contribution in [0.2, 0.25) is 5.02 Å². The highest BCUT2D eigenvalue weighted by Crippen LogP contribution is 2.42. The molecular weight excluding hydrogens is 411 g/mol. The number of carbonyl (C=O) groups excluding carboxylic acids is 1. The SMILES string of the molecule is O=C(Nc1cc(F)c(F)c(F)c1)c1ccc(Cl)c(SC2CC3CCC(C2)O3)c1. The van der Waals surface area contributed by atoms with Crippen LogP contribution < -0.4 is 5.32 Å². The van der Waals surface area contributed by atoms with E-state index in [2.05, 4.69) is 5.32 Å². The van der Waals surface area contributed by atoms with E-state index in [0.717, 1.165) is 42.7 Å². The van der Waals surface area contributed by atoms with Gasteiger partial charge in [0.15, 0.2) is 17.5 Å². The molecule has 28 heavy (non-hydrogen) atoms. The lowest BCUT2D eigenvalue weighted by Crippen LogP contribution is -2.26. The van der Waals surface area contributed by atoms with Gasteiger partial charge in [-0.2, -0.15) is 0 Å². The van der Waals surface area contributed by atoms with Gasteiger partial charge in [0.1, 0.15) is 0 Å². The van der Waals surface area contributed by atoms with Gasteiger partial charge in [0.25, 0.3) is 5.91 Å². The monoisotopic (exact) mass is 427 g/mol. The lowest BCUT2D eigenvalue weighted by atomic mass is 10.1. The number of ether oxygens (including phenoxy) is 1. The molecule has 148 valence electrons. The van der Waals surface area contributed by atoms with Gasteiger partial charge < -0.3 is 10.1 Å². The van der Waals surface area contributed by atoms with E-state index in [1.807, 2.05) is 0 Å². The summed E-state index contributed by atoms with van der Waals surface area (Å²) >= 11 is 7.92. The van der Waals surface area contributed by atoms with E-state index < -0.39 is 23.4 Å². The highest BCUT2D eigenvalue weighted by molar-refractivity contribution is 8.00. The van der Waals surface area contributed by atoms with Crippen LogP contribution in [-0.4, -0.2) is 23.4 Å². The average Bonchev–Trinajstić information content (AvgIpc) is 2.99. The Morgan fingerprint density at radius 3 is 2.36 bits per heavy atom. The molecule has 2 aromatic rings.